The van der Waals surface area contributed by atoms with Gasteiger partial charge < -0.3 is 9.47 Å². The maximum Gasteiger partial charge on any atom is 0.274 e. The van der Waals surface area contributed by atoms with E-state index in [2.05, 4.69) is 4.72 Å². The van der Waals surface area contributed by atoms with E-state index in [4.69, 9.17) is 14.6 Å². The van der Waals surface area contributed by atoms with Crippen molar-refractivity contribution in [2.75, 3.05) is 14.2 Å². The number of rotatable bonds is 5. The summed E-state index contributed by atoms with van der Waals surface area (Å²) in [5.74, 6) is 1.18. The van der Waals surface area contributed by atoms with Gasteiger partial charge in [-0.15, -0.1) is 0 Å². The Morgan fingerprint density at radius 3 is 2.50 bits per heavy atom. The second-order valence-electron chi connectivity index (χ2n) is 3.04. The van der Waals surface area contributed by atoms with E-state index in [1.807, 2.05) is 0 Å². The molecule has 0 spiro atoms. The van der Waals surface area contributed by atoms with Gasteiger partial charge in [0, 0.05) is 12.1 Å². The van der Waals surface area contributed by atoms with Gasteiger partial charge >= 0.3 is 0 Å². The maximum atomic E-state index is 10.8. The molecule has 0 aliphatic heterocycles. The van der Waals surface area contributed by atoms with Gasteiger partial charge in [0.15, 0.2) is 0 Å². The van der Waals surface area contributed by atoms with Crippen molar-refractivity contribution in [2.45, 2.75) is 6.54 Å². The van der Waals surface area contributed by atoms with E-state index in [1.54, 1.807) is 18.2 Å². The van der Waals surface area contributed by atoms with Crippen molar-refractivity contribution < 1.29 is 17.9 Å². The SMILES string of the molecule is COc1ccc(OC)c(CNS(N)(=O)=O)c1. The van der Waals surface area contributed by atoms with Crippen LogP contribution in [-0.2, 0) is 16.8 Å². The quantitative estimate of drug-likeness (QED) is 0.765. The van der Waals surface area contributed by atoms with Crippen molar-refractivity contribution in [1.82, 2.24) is 4.72 Å². The summed E-state index contributed by atoms with van der Waals surface area (Å²) >= 11 is 0. The molecule has 0 saturated carbocycles. The molecule has 3 N–H and O–H groups in total. The van der Waals surface area contributed by atoms with Crippen molar-refractivity contribution in [2.24, 2.45) is 5.14 Å². The van der Waals surface area contributed by atoms with E-state index in [1.165, 1.54) is 14.2 Å². The number of methoxy groups -OCH3 is 2. The fraction of sp³-hybridized carbons (Fsp3) is 0.333. The molecule has 0 unspecified atom stereocenters. The largest absolute Gasteiger partial charge is 0.497 e. The fourth-order valence-corrected chi connectivity index (χ4v) is 1.56. The Kier molecular flexibility index (Phi) is 4.11. The van der Waals surface area contributed by atoms with Gasteiger partial charge in [-0.1, -0.05) is 0 Å². The average molecular weight is 246 g/mol. The highest BCUT2D eigenvalue weighted by atomic mass is 32.2. The molecule has 0 saturated heterocycles. The minimum absolute atomic E-state index is 0.0548. The summed E-state index contributed by atoms with van der Waals surface area (Å²) < 4.78 is 33.8. The van der Waals surface area contributed by atoms with E-state index >= 15 is 0 Å². The van der Waals surface area contributed by atoms with Crippen LogP contribution in [0.2, 0.25) is 0 Å². The molecular weight excluding hydrogens is 232 g/mol. The molecule has 0 atom stereocenters. The molecule has 6 nitrogen and oxygen atoms in total. The first-order chi connectivity index (χ1) is 7.46. The summed E-state index contributed by atoms with van der Waals surface area (Å²) in [5, 5.41) is 4.83. The summed E-state index contributed by atoms with van der Waals surface area (Å²) in [7, 11) is -0.685. The van der Waals surface area contributed by atoms with Crippen LogP contribution >= 0.6 is 0 Å². The molecule has 0 radical (unpaired) electrons. The normalized spacial score (nSPS) is 11.2. The van der Waals surface area contributed by atoms with Crippen LogP contribution in [0.15, 0.2) is 18.2 Å². The zero-order chi connectivity index (χ0) is 12.2. The molecule has 0 aromatic heterocycles. The zero-order valence-electron chi connectivity index (χ0n) is 9.06. The summed E-state index contributed by atoms with van der Waals surface area (Å²) in [6.07, 6.45) is 0. The van der Waals surface area contributed by atoms with Gasteiger partial charge in [-0.2, -0.15) is 13.1 Å². The molecule has 0 heterocycles. The van der Waals surface area contributed by atoms with Gasteiger partial charge in [-0.25, -0.2) is 5.14 Å². The van der Waals surface area contributed by atoms with E-state index in [-0.39, 0.29) is 6.54 Å². The fourth-order valence-electron chi connectivity index (χ4n) is 1.20. The van der Waals surface area contributed by atoms with Gasteiger partial charge in [0.25, 0.3) is 10.2 Å². The van der Waals surface area contributed by atoms with Crippen LogP contribution in [0.1, 0.15) is 5.56 Å². The van der Waals surface area contributed by atoms with Crippen molar-refractivity contribution in [3.63, 3.8) is 0 Å². The van der Waals surface area contributed by atoms with E-state index < -0.39 is 10.2 Å². The Balaban J connectivity index is 2.91. The molecule has 0 fully saturated rings. The Bertz CT molecular complexity index is 459. The van der Waals surface area contributed by atoms with Crippen LogP contribution in [0.3, 0.4) is 0 Å². The number of nitrogens with one attached hydrogen (secondary N) is 1. The molecule has 90 valence electrons. The smallest absolute Gasteiger partial charge is 0.274 e. The first-order valence-electron chi connectivity index (χ1n) is 4.44. The zero-order valence-corrected chi connectivity index (χ0v) is 9.87. The Morgan fingerprint density at radius 1 is 1.31 bits per heavy atom. The van der Waals surface area contributed by atoms with Crippen LogP contribution < -0.4 is 19.3 Å². The third-order valence-electron chi connectivity index (χ3n) is 1.95. The van der Waals surface area contributed by atoms with Crippen molar-refractivity contribution in [1.29, 1.82) is 0 Å². The minimum Gasteiger partial charge on any atom is -0.497 e. The van der Waals surface area contributed by atoms with Crippen LogP contribution in [0.5, 0.6) is 11.5 Å². The number of benzene rings is 1. The number of hydrogen-bond acceptors (Lipinski definition) is 4. The van der Waals surface area contributed by atoms with Crippen LogP contribution in [0.25, 0.3) is 0 Å². The van der Waals surface area contributed by atoms with E-state index in [0.717, 1.165) is 0 Å². The Labute approximate surface area is 94.5 Å². The molecule has 1 rings (SSSR count). The predicted octanol–water partition coefficient (Wildman–Crippen LogP) is -0.00310. The highest BCUT2D eigenvalue weighted by Gasteiger charge is 2.07. The molecule has 0 amide bonds. The number of ether oxygens (including phenoxy) is 2. The number of nitrogens with two attached hydrogens (primary N) is 1. The summed E-state index contributed by atoms with van der Waals surface area (Å²) in [6, 6.07) is 5.09. The molecule has 0 aliphatic carbocycles. The molecule has 0 aliphatic rings. The van der Waals surface area contributed by atoms with Crippen molar-refractivity contribution in [3.05, 3.63) is 23.8 Å². The lowest BCUT2D eigenvalue weighted by molar-refractivity contribution is 0.398. The summed E-state index contributed by atoms with van der Waals surface area (Å²) in [5.41, 5.74) is 0.649. The molecular formula is C9H14N2O4S. The number of hydrogen-bond donors (Lipinski definition) is 2. The second-order valence-corrected chi connectivity index (χ2v) is 4.42. The first kappa shape index (κ1) is 12.8. The maximum absolute atomic E-state index is 10.8. The van der Waals surface area contributed by atoms with E-state index in [0.29, 0.717) is 17.1 Å². The minimum atomic E-state index is -3.71. The molecule has 7 heteroatoms. The highest BCUT2D eigenvalue weighted by molar-refractivity contribution is 7.87. The Morgan fingerprint density at radius 2 is 2.00 bits per heavy atom. The first-order valence-corrected chi connectivity index (χ1v) is 5.99. The van der Waals surface area contributed by atoms with Gasteiger partial charge in [0.1, 0.15) is 11.5 Å². The topological polar surface area (TPSA) is 90.7 Å². The van der Waals surface area contributed by atoms with Gasteiger partial charge in [-0.3, -0.25) is 0 Å². The summed E-state index contributed by atoms with van der Waals surface area (Å²) in [6.45, 7) is 0.0548. The monoisotopic (exact) mass is 246 g/mol. The predicted molar refractivity (Wildman–Crippen MR) is 59.5 cm³/mol. The van der Waals surface area contributed by atoms with Crippen LogP contribution in [0.4, 0.5) is 0 Å². The average Bonchev–Trinajstić information content (AvgIpc) is 2.25. The summed E-state index contributed by atoms with van der Waals surface area (Å²) in [4.78, 5) is 0. The van der Waals surface area contributed by atoms with Crippen molar-refractivity contribution >= 4 is 10.2 Å². The van der Waals surface area contributed by atoms with Gasteiger partial charge in [-0.05, 0) is 18.2 Å². The molecule has 16 heavy (non-hydrogen) atoms. The second kappa shape index (κ2) is 5.15. The third kappa shape index (κ3) is 3.69. The van der Waals surface area contributed by atoms with Crippen molar-refractivity contribution in [3.8, 4) is 11.5 Å². The van der Waals surface area contributed by atoms with Crippen LogP contribution in [-0.4, -0.2) is 22.6 Å². The molecule has 1 aromatic rings. The highest BCUT2D eigenvalue weighted by Crippen LogP contribution is 2.23. The molecule has 1 aromatic carbocycles. The standard InChI is InChI=1S/C9H14N2O4S/c1-14-8-3-4-9(15-2)7(5-8)6-11-16(10,12)13/h3-5,11H,6H2,1-2H3,(H2,10,12,13). The third-order valence-corrected chi connectivity index (χ3v) is 2.50. The lowest BCUT2D eigenvalue weighted by atomic mass is 10.2. The van der Waals surface area contributed by atoms with Gasteiger partial charge in [0.05, 0.1) is 14.2 Å². The van der Waals surface area contributed by atoms with Crippen LogP contribution in [0, 0.1) is 0 Å². The van der Waals surface area contributed by atoms with Gasteiger partial charge in [0.2, 0.25) is 0 Å². The Hall–Kier alpha value is -1.31. The lowest BCUT2D eigenvalue weighted by Crippen LogP contribution is -2.30. The van der Waals surface area contributed by atoms with E-state index in [9.17, 15) is 8.42 Å². The molecule has 0 bridgehead atoms. The lowest BCUT2D eigenvalue weighted by Gasteiger charge is -2.10.